The van der Waals surface area contributed by atoms with Gasteiger partial charge in [0.05, 0.1) is 13.2 Å². The minimum Gasteiger partial charge on any atom is -0.497 e. The Morgan fingerprint density at radius 2 is 2.13 bits per heavy atom. The molecule has 1 aromatic rings. The summed E-state index contributed by atoms with van der Waals surface area (Å²) in [7, 11) is 3.69. The summed E-state index contributed by atoms with van der Waals surface area (Å²) in [4.78, 5) is 2.15. The van der Waals surface area contributed by atoms with Crippen molar-refractivity contribution < 1.29 is 9.84 Å². The maximum Gasteiger partial charge on any atom is 0.119 e. The Bertz CT molecular complexity index is 365. The third kappa shape index (κ3) is 1.73. The summed E-state index contributed by atoms with van der Waals surface area (Å²) < 4.78 is 5.20. The lowest BCUT2D eigenvalue weighted by molar-refractivity contribution is 0.0888. The Kier molecular flexibility index (Phi) is 2.67. The van der Waals surface area contributed by atoms with E-state index in [0.717, 1.165) is 16.9 Å². The quantitative estimate of drug-likeness (QED) is 0.761. The Morgan fingerprint density at radius 1 is 1.40 bits per heavy atom. The number of fused-ring (bicyclic) bond motifs is 1. The molecule has 2 atom stereocenters. The molecule has 0 amide bonds. The van der Waals surface area contributed by atoms with E-state index in [0.29, 0.717) is 12.6 Å². The molecule has 0 aromatic heterocycles. The van der Waals surface area contributed by atoms with E-state index in [4.69, 9.17) is 4.74 Å². The topological polar surface area (TPSA) is 32.7 Å². The molecule has 0 unspecified atom stereocenters. The molecule has 0 saturated carbocycles. The molecule has 0 saturated heterocycles. The average Bonchev–Trinajstić information content (AvgIpc) is 2.25. The molecular weight excluding hydrogens is 190 g/mol. The molecule has 0 bridgehead atoms. The van der Waals surface area contributed by atoms with Crippen molar-refractivity contribution in [3.8, 4) is 5.75 Å². The fraction of sp³-hybridized carbons (Fsp3) is 0.500. The first-order chi connectivity index (χ1) is 7.13. The summed E-state index contributed by atoms with van der Waals surface area (Å²) in [5, 5.41) is 9.93. The zero-order chi connectivity index (χ0) is 11.0. The molecule has 0 radical (unpaired) electrons. The number of methoxy groups -OCH3 is 1. The lowest BCUT2D eigenvalue weighted by atomic mass is 9.92. The molecule has 1 heterocycles. The Balaban J connectivity index is 2.47. The summed E-state index contributed by atoms with van der Waals surface area (Å²) in [5.74, 6) is 0.850. The molecule has 82 valence electrons. The Hall–Kier alpha value is -1.06. The van der Waals surface area contributed by atoms with Crippen molar-refractivity contribution in [3.63, 3.8) is 0 Å². The zero-order valence-corrected chi connectivity index (χ0v) is 9.40. The van der Waals surface area contributed by atoms with Gasteiger partial charge in [-0.2, -0.15) is 0 Å². The third-order valence-corrected chi connectivity index (χ3v) is 3.23. The minimum atomic E-state index is -0.382. The maximum atomic E-state index is 9.93. The molecule has 0 fully saturated rings. The number of β-amino-alcohol motifs (C(OH)–C–C–N with tert-alkyl or cyclic N) is 1. The van der Waals surface area contributed by atoms with Crippen LogP contribution in [0.5, 0.6) is 5.75 Å². The highest BCUT2D eigenvalue weighted by Crippen LogP contribution is 2.35. The highest BCUT2D eigenvalue weighted by molar-refractivity contribution is 5.40. The number of hydrogen-bond acceptors (Lipinski definition) is 3. The fourth-order valence-corrected chi connectivity index (χ4v) is 2.11. The van der Waals surface area contributed by atoms with Crippen LogP contribution < -0.4 is 4.74 Å². The van der Waals surface area contributed by atoms with Crippen molar-refractivity contribution in [2.45, 2.75) is 19.1 Å². The average molecular weight is 207 g/mol. The number of benzene rings is 1. The standard InChI is InChI=1S/C12H17NO2/c1-8-11-6-9(15-3)4-5-10(11)12(14)7-13(8)2/h4-6,8,12,14H,7H2,1-3H3/t8-,12-/m1/s1. The highest BCUT2D eigenvalue weighted by atomic mass is 16.5. The number of rotatable bonds is 1. The van der Waals surface area contributed by atoms with Crippen molar-refractivity contribution in [1.29, 1.82) is 0 Å². The summed E-state index contributed by atoms with van der Waals surface area (Å²) in [5.41, 5.74) is 2.19. The van der Waals surface area contributed by atoms with E-state index in [1.54, 1.807) is 7.11 Å². The fourth-order valence-electron chi connectivity index (χ4n) is 2.11. The summed E-state index contributed by atoms with van der Waals surface area (Å²) in [6.45, 7) is 2.84. The van der Waals surface area contributed by atoms with Crippen LogP contribution in [0.15, 0.2) is 18.2 Å². The van der Waals surface area contributed by atoms with Gasteiger partial charge in [0.25, 0.3) is 0 Å². The summed E-state index contributed by atoms with van der Waals surface area (Å²) in [6.07, 6.45) is -0.382. The van der Waals surface area contributed by atoms with E-state index in [1.165, 1.54) is 0 Å². The van der Waals surface area contributed by atoms with Gasteiger partial charge in [0.2, 0.25) is 0 Å². The number of likely N-dealkylation sites (N-methyl/N-ethyl adjacent to an activating group) is 1. The van der Waals surface area contributed by atoms with Crippen LogP contribution >= 0.6 is 0 Å². The number of aliphatic hydroxyl groups is 1. The minimum absolute atomic E-state index is 0.332. The molecule has 0 spiro atoms. The second-order valence-electron chi connectivity index (χ2n) is 4.13. The molecule has 3 heteroatoms. The van der Waals surface area contributed by atoms with Gasteiger partial charge >= 0.3 is 0 Å². The van der Waals surface area contributed by atoms with Crippen LogP contribution in [0, 0.1) is 0 Å². The number of aliphatic hydroxyl groups excluding tert-OH is 1. The maximum absolute atomic E-state index is 9.93. The van der Waals surface area contributed by atoms with Gasteiger partial charge in [-0.25, -0.2) is 0 Å². The van der Waals surface area contributed by atoms with Crippen molar-refractivity contribution in [3.05, 3.63) is 29.3 Å². The molecule has 1 aliphatic rings. The normalized spacial score (nSPS) is 26.1. The smallest absolute Gasteiger partial charge is 0.119 e. The molecular formula is C12H17NO2. The lowest BCUT2D eigenvalue weighted by Crippen LogP contribution is -2.33. The van der Waals surface area contributed by atoms with Crippen molar-refractivity contribution in [1.82, 2.24) is 4.90 Å². The van der Waals surface area contributed by atoms with E-state index in [2.05, 4.69) is 11.8 Å². The van der Waals surface area contributed by atoms with Crippen molar-refractivity contribution in [2.75, 3.05) is 20.7 Å². The van der Waals surface area contributed by atoms with Crippen LogP contribution in [-0.4, -0.2) is 30.7 Å². The van der Waals surface area contributed by atoms with E-state index >= 15 is 0 Å². The second-order valence-corrected chi connectivity index (χ2v) is 4.13. The molecule has 15 heavy (non-hydrogen) atoms. The first-order valence-electron chi connectivity index (χ1n) is 5.19. The van der Waals surface area contributed by atoms with E-state index < -0.39 is 0 Å². The van der Waals surface area contributed by atoms with Crippen molar-refractivity contribution in [2.24, 2.45) is 0 Å². The van der Waals surface area contributed by atoms with E-state index in [1.807, 2.05) is 25.2 Å². The second kappa shape index (κ2) is 3.83. The Labute approximate surface area is 90.3 Å². The number of ether oxygens (including phenoxy) is 1. The number of hydrogen-bond donors (Lipinski definition) is 1. The Morgan fingerprint density at radius 3 is 2.80 bits per heavy atom. The van der Waals surface area contributed by atoms with Gasteiger partial charge in [0.1, 0.15) is 5.75 Å². The van der Waals surface area contributed by atoms with Gasteiger partial charge in [0.15, 0.2) is 0 Å². The summed E-state index contributed by atoms with van der Waals surface area (Å²) in [6, 6.07) is 6.21. The van der Waals surface area contributed by atoms with Crippen LogP contribution in [0.2, 0.25) is 0 Å². The molecule has 1 aromatic carbocycles. The van der Waals surface area contributed by atoms with Crippen LogP contribution in [-0.2, 0) is 0 Å². The summed E-state index contributed by atoms with van der Waals surface area (Å²) >= 11 is 0. The van der Waals surface area contributed by atoms with Gasteiger partial charge < -0.3 is 9.84 Å². The van der Waals surface area contributed by atoms with Crippen molar-refractivity contribution >= 4 is 0 Å². The van der Waals surface area contributed by atoms with Crippen LogP contribution in [0.4, 0.5) is 0 Å². The molecule has 0 aliphatic carbocycles. The molecule has 1 aliphatic heterocycles. The molecule has 3 nitrogen and oxygen atoms in total. The van der Waals surface area contributed by atoms with E-state index in [9.17, 15) is 5.11 Å². The predicted molar refractivity (Wildman–Crippen MR) is 59.0 cm³/mol. The highest BCUT2D eigenvalue weighted by Gasteiger charge is 2.27. The first-order valence-corrected chi connectivity index (χ1v) is 5.19. The largest absolute Gasteiger partial charge is 0.497 e. The zero-order valence-electron chi connectivity index (χ0n) is 9.40. The lowest BCUT2D eigenvalue weighted by Gasteiger charge is -2.35. The van der Waals surface area contributed by atoms with E-state index in [-0.39, 0.29) is 6.10 Å². The monoisotopic (exact) mass is 207 g/mol. The van der Waals surface area contributed by atoms with Crippen LogP contribution in [0.1, 0.15) is 30.2 Å². The SMILES string of the molecule is COc1ccc2c(c1)[C@@H](C)N(C)C[C@H]2O. The number of nitrogens with zero attached hydrogens (tertiary/aromatic N) is 1. The van der Waals surface area contributed by atoms with Gasteiger partial charge in [-0.3, -0.25) is 4.90 Å². The van der Waals surface area contributed by atoms with Gasteiger partial charge in [-0.15, -0.1) is 0 Å². The first kappa shape index (κ1) is 10.5. The van der Waals surface area contributed by atoms with Gasteiger partial charge in [0, 0.05) is 12.6 Å². The predicted octanol–water partition coefficient (Wildman–Crippen LogP) is 1.73. The van der Waals surface area contributed by atoms with Crippen LogP contribution in [0.25, 0.3) is 0 Å². The third-order valence-electron chi connectivity index (χ3n) is 3.23. The van der Waals surface area contributed by atoms with Gasteiger partial charge in [-0.1, -0.05) is 6.07 Å². The van der Waals surface area contributed by atoms with Gasteiger partial charge in [-0.05, 0) is 37.2 Å². The molecule has 2 rings (SSSR count). The molecule has 1 N–H and O–H groups in total. The van der Waals surface area contributed by atoms with Crippen LogP contribution in [0.3, 0.4) is 0 Å².